The van der Waals surface area contributed by atoms with E-state index in [0.717, 1.165) is 11.9 Å². The number of nitrogens with zero attached hydrogens (tertiary/aromatic N) is 2. The van der Waals surface area contributed by atoms with Gasteiger partial charge in [0.15, 0.2) is 0 Å². The van der Waals surface area contributed by atoms with Crippen LogP contribution in [0.5, 0.6) is 0 Å². The second-order valence-electron chi connectivity index (χ2n) is 3.42. The summed E-state index contributed by atoms with van der Waals surface area (Å²) in [5.41, 5.74) is 1.89. The van der Waals surface area contributed by atoms with Crippen molar-refractivity contribution in [2.24, 2.45) is 0 Å². The SMILES string of the molecule is C/C=C/Cn1ccc2cc(C#N)ccc21. The lowest BCUT2D eigenvalue weighted by Crippen LogP contribution is -1.91. The maximum atomic E-state index is 8.78. The molecule has 2 aromatic rings. The van der Waals surface area contributed by atoms with Crippen LogP contribution in [0.4, 0.5) is 0 Å². The summed E-state index contributed by atoms with van der Waals surface area (Å²) in [5, 5.41) is 9.90. The van der Waals surface area contributed by atoms with Gasteiger partial charge in [0.2, 0.25) is 0 Å². The highest BCUT2D eigenvalue weighted by molar-refractivity contribution is 5.81. The van der Waals surface area contributed by atoms with E-state index < -0.39 is 0 Å². The Labute approximate surface area is 89.1 Å². The van der Waals surface area contributed by atoms with E-state index >= 15 is 0 Å². The summed E-state index contributed by atoms with van der Waals surface area (Å²) >= 11 is 0. The van der Waals surface area contributed by atoms with E-state index in [1.54, 1.807) is 0 Å². The fourth-order valence-corrected chi connectivity index (χ4v) is 1.65. The van der Waals surface area contributed by atoms with Gasteiger partial charge in [0.05, 0.1) is 11.6 Å². The molecule has 2 nitrogen and oxygen atoms in total. The van der Waals surface area contributed by atoms with Gasteiger partial charge in [-0.1, -0.05) is 12.2 Å². The first-order valence-corrected chi connectivity index (χ1v) is 4.95. The summed E-state index contributed by atoms with van der Waals surface area (Å²) < 4.78 is 2.16. The maximum absolute atomic E-state index is 8.78. The third-order valence-corrected chi connectivity index (χ3v) is 2.44. The highest BCUT2D eigenvalue weighted by atomic mass is 14.9. The summed E-state index contributed by atoms with van der Waals surface area (Å²) in [6.45, 7) is 2.89. The van der Waals surface area contributed by atoms with Gasteiger partial charge in [0.25, 0.3) is 0 Å². The Hall–Kier alpha value is -2.01. The molecule has 0 bridgehead atoms. The Balaban J connectivity index is 2.48. The largest absolute Gasteiger partial charge is 0.344 e. The van der Waals surface area contributed by atoms with Crippen LogP contribution in [0, 0.1) is 11.3 Å². The molecular formula is C13H12N2. The van der Waals surface area contributed by atoms with E-state index in [2.05, 4.69) is 16.7 Å². The summed E-state index contributed by atoms with van der Waals surface area (Å²) in [6, 6.07) is 9.96. The van der Waals surface area contributed by atoms with E-state index in [4.69, 9.17) is 5.26 Å². The molecule has 0 spiro atoms. The molecule has 2 rings (SSSR count). The van der Waals surface area contributed by atoms with Crippen molar-refractivity contribution in [2.75, 3.05) is 0 Å². The van der Waals surface area contributed by atoms with Crippen LogP contribution in [-0.2, 0) is 6.54 Å². The predicted molar refractivity (Wildman–Crippen MR) is 61.5 cm³/mol. The topological polar surface area (TPSA) is 28.7 Å². The van der Waals surface area contributed by atoms with Gasteiger partial charge in [0, 0.05) is 23.6 Å². The van der Waals surface area contributed by atoms with Crippen LogP contribution in [0.1, 0.15) is 12.5 Å². The first-order chi connectivity index (χ1) is 7.35. The van der Waals surface area contributed by atoms with E-state index in [9.17, 15) is 0 Å². The average Bonchev–Trinajstić information content (AvgIpc) is 2.68. The lowest BCUT2D eigenvalue weighted by atomic mass is 10.2. The van der Waals surface area contributed by atoms with Crippen LogP contribution in [0.25, 0.3) is 10.9 Å². The lowest BCUT2D eigenvalue weighted by molar-refractivity contribution is 0.862. The van der Waals surface area contributed by atoms with Gasteiger partial charge in [-0.05, 0) is 31.2 Å². The van der Waals surface area contributed by atoms with E-state index in [1.165, 1.54) is 5.52 Å². The van der Waals surface area contributed by atoms with Crippen molar-refractivity contribution in [1.29, 1.82) is 5.26 Å². The van der Waals surface area contributed by atoms with Gasteiger partial charge in [-0.2, -0.15) is 5.26 Å². The summed E-state index contributed by atoms with van der Waals surface area (Å²) in [5.74, 6) is 0. The lowest BCUT2D eigenvalue weighted by Gasteiger charge is -2.00. The molecule has 0 saturated heterocycles. The van der Waals surface area contributed by atoms with Gasteiger partial charge >= 0.3 is 0 Å². The number of aromatic nitrogens is 1. The van der Waals surface area contributed by atoms with Crippen LogP contribution in [0.3, 0.4) is 0 Å². The molecule has 0 saturated carbocycles. The highest BCUT2D eigenvalue weighted by Crippen LogP contribution is 2.17. The Morgan fingerprint density at radius 3 is 3.00 bits per heavy atom. The zero-order valence-electron chi connectivity index (χ0n) is 8.64. The van der Waals surface area contributed by atoms with Crippen molar-refractivity contribution in [2.45, 2.75) is 13.5 Å². The standard InChI is InChI=1S/C13H12N2/c1-2-3-7-15-8-6-12-9-11(10-14)4-5-13(12)15/h2-6,8-9H,7H2,1H3/b3-2+. The Morgan fingerprint density at radius 2 is 2.27 bits per heavy atom. The summed E-state index contributed by atoms with van der Waals surface area (Å²) in [4.78, 5) is 0. The van der Waals surface area contributed by atoms with Crippen LogP contribution in [-0.4, -0.2) is 4.57 Å². The Kier molecular flexibility index (Phi) is 2.55. The molecule has 2 heteroatoms. The number of benzene rings is 1. The Morgan fingerprint density at radius 1 is 1.40 bits per heavy atom. The van der Waals surface area contributed by atoms with Crippen molar-refractivity contribution in [3.8, 4) is 6.07 Å². The van der Waals surface area contributed by atoms with Gasteiger partial charge in [-0.3, -0.25) is 0 Å². The number of fused-ring (bicyclic) bond motifs is 1. The monoisotopic (exact) mass is 196 g/mol. The van der Waals surface area contributed by atoms with Crippen molar-refractivity contribution >= 4 is 10.9 Å². The Bertz CT molecular complexity index is 541. The zero-order chi connectivity index (χ0) is 10.7. The molecule has 0 aliphatic carbocycles. The second kappa shape index (κ2) is 4.02. The summed E-state index contributed by atoms with van der Waals surface area (Å²) in [7, 11) is 0. The minimum atomic E-state index is 0.714. The maximum Gasteiger partial charge on any atom is 0.0991 e. The number of allylic oxidation sites excluding steroid dienone is 2. The molecule has 0 unspecified atom stereocenters. The molecule has 74 valence electrons. The molecule has 1 heterocycles. The molecule has 15 heavy (non-hydrogen) atoms. The summed E-state index contributed by atoms with van der Waals surface area (Å²) in [6.07, 6.45) is 6.19. The van der Waals surface area contributed by atoms with Crippen molar-refractivity contribution < 1.29 is 0 Å². The molecule has 0 aliphatic heterocycles. The highest BCUT2D eigenvalue weighted by Gasteiger charge is 2.00. The normalized spacial score (nSPS) is 10.9. The van der Waals surface area contributed by atoms with Crippen LogP contribution >= 0.6 is 0 Å². The second-order valence-corrected chi connectivity index (χ2v) is 3.42. The van der Waals surface area contributed by atoms with E-state index in [-0.39, 0.29) is 0 Å². The van der Waals surface area contributed by atoms with Gasteiger partial charge in [-0.15, -0.1) is 0 Å². The quantitative estimate of drug-likeness (QED) is 0.678. The van der Waals surface area contributed by atoms with E-state index in [0.29, 0.717) is 5.56 Å². The molecular weight excluding hydrogens is 184 g/mol. The predicted octanol–water partition coefficient (Wildman–Crippen LogP) is 3.09. The third-order valence-electron chi connectivity index (χ3n) is 2.44. The van der Waals surface area contributed by atoms with Crippen LogP contribution in [0.2, 0.25) is 0 Å². The molecule has 1 aromatic heterocycles. The first kappa shape index (κ1) is 9.54. The van der Waals surface area contributed by atoms with Crippen LogP contribution < -0.4 is 0 Å². The molecule has 0 fully saturated rings. The number of rotatable bonds is 2. The van der Waals surface area contributed by atoms with Gasteiger partial charge in [0.1, 0.15) is 0 Å². The first-order valence-electron chi connectivity index (χ1n) is 4.95. The van der Waals surface area contributed by atoms with Gasteiger partial charge in [-0.25, -0.2) is 0 Å². The molecule has 0 amide bonds. The number of nitriles is 1. The number of hydrogen-bond acceptors (Lipinski definition) is 1. The molecule has 0 aliphatic rings. The van der Waals surface area contributed by atoms with Crippen molar-refractivity contribution in [3.63, 3.8) is 0 Å². The fourth-order valence-electron chi connectivity index (χ4n) is 1.65. The third kappa shape index (κ3) is 1.77. The van der Waals surface area contributed by atoms with Crippen LogP contribution in [0.15, 0.2) is 42.6 Å². The van der Waals surface area contributed by atoms with Crippen molar-refractivity contribution in [3.05, 3.63) is 48.2 Å². The number of hydrogen-bond donors (Lipinski definition) is 0. The molecule has 0 atom stereocenters. The zero-order valence-corrected chi connectivity index (χ0v) is 8.64. The van der Waals surface area contributed by atoms with Gasteiger partial charge < -0.3 is 4.57 Å². The molecule has 0 radical (unpaired) electrons. The fraction of sp³-hybridized carbons (Fsp3) is 0.154. The minimum absolute atomic E-state index is 0.714. The molecule has 1 aromatic carbocycles. The van der Waals surface area contributed by atoms with E-state index in [1.807, 2.05) is 43.5 Å². The smallest absolute Gasteiger partial charge is 0.0991 e. The average molecular weight is 196 g/mol. The molecule has 0 N–H and O–H groups in total. The minimum Gasteiger partial charge on any atom is -0.344 e. The van der Waals surface area contributed by atoms with Crippen molar-refractivity contribution in [1.82, 2.24) is 4.57 Å².